The first-order valence-electron chi connectivity index (χ1n) is 4.98. The molecule has 0 spiro atoms. The fourth-order valence-electron chi connectivity index (χ4n) is 1.88. The second kappa shape index (κ2) is 3.46. The van der Waals surface area contributed by atoms with Gasteiger partial charge in [-0.15, -0.1) is 0 Å². The van der Waals surface area contributed by atoms with Crippen molar-refractivity contribution in [1.82, 2.24) is 4.98 Å². The number of H-pyrrole nitrogens is 1. The first-order chi connectivity index (χ1) is 6.74. The summed E-state index contributed by atoms with van der Waals surface area (Å²) in [7, 11) is 0. The van der Waals surface area contributed by atoms with Crippen molar-refractivity contribution in [3.63, 3.8) is 0 Å². The highest BCUT2D eigenvalue weighted by atomic mass is 16.3. The number of nitrogens with one attached hydrogen (secondary N) is 1. The first kappa shape index (κ1) is 9.28. The number of aliphatic hydroxyl groups excluding tert-OH is 1. The maximum Gasteiger partial charge on any atom is 0.0808 e. The largest absolute Gasteiger partial charge is 0.388 e. The highest BCUT2D eigenvalue weighted by Crippen LogP contribution is 2.28. The van der Waals surface area contributed by atoms with Crippen molar-refractivity contribution in [3.8, 4) is 0 Å². The van der Waals surface area contributed by atoms with Crippen molar-refractivity contribution in [2.75, 3.05) is 0 Å². The molecule has 1 heterocycles. The number of rotatable bonds is 2. The van der Waals surface area contributed by atoms with Crippen molar-refractivity contribution in [3.05, 3.63) is 35.5 Å². The molecule has 0 saturated heterocycles. The molecule has 0 saturated carbocycles. The van der Waals surface area contributed by atoms with Gasteiger partial charge in [0.2, 0.25) is 0 Å². The van der Waals surface area contributed by atoms with Crippen LogP contribution in [0.25, 0.3) is 10.9 Å². The molecule has 14 heavy (non-hydrogen) atoms. The minimum absolute atomic E-state index is 0.357. The smallest absolute Gasteiger partial charge is 0.0808 e. The molecule has 0 radical (unpaired) electrons. The van der Waals surface area contributed by atoms with E-state index in [-0.39, 0.29) is 6.10 Å². The predicted molar refractivity (Wildman–Crippen MR) is 58.3 cm³/mol. The number of hydrogen-bond acceptors (Lipinski definition) is 1. The van der Waals surface area contributed by atoms with Crippen molar-refractivity contribution >= 4 is 10.9 Å². The standard InChI is InChI=1S/C12H15NO/c1-3-11(14)9-7-13-10-6-4-5-8(2)12(9)10/h4-7,11,13-14H,3H2,1-2H3/t11-/m1/s1. The summed E-state index contributed by atoms with van der Waals surface area (Å²) >= 11 is 0. The van der Waals surface area contributed by atoms with Crippen LogP contribution in [0.3, 0.4) is 0 Å². The van der Waals surface area contributed by atoms with Gasteiger partial charge in [0.1, 0.15) is 0 Å². The highest BCUT2D eigenvalue weighted by molar-refractivity contribution is 5.86. The van der Waals surface area contributed by atoms with Gasteiger partial charge in [-0.3, -0.25) is 0 Å². The molecule has 1 aromatic carbocycles. The quantitative estimate of drug-likeness (QED) is 0.748. The monoisotopic (exact) mass is 189 g/mol. The summed E-state index contributed by atoms with van der Waals surface area (Å²) in [6.07, 6.45) is 2.30. The van der Waals surface area contributed by atoms with E-state index in [1.807, 2.05) is 25.3 Å². The molecule has 0 fully saturated rings. The molecule has 1 atom stereocenters. The van der Waals surface area contributed by atoms with Crippen LogP contribution in [0, 0.1) is 6.92 Å². The molecule has 1 aromatic heterocycles. The summed E-state index contributed by atoms with van der Waals surface area (Å²) in [5.74, 6) is 0. The molecule has 2 heteroatoms. The van der Waals surface area contributed by atoms with Crippen LogP contribution in [0.15, 0.2) is 24.4 Å². The van der Waals surface area contributed by atoms with E-state index in [9.17, 15) is 5.11 Å². The Morgan fingerprint density at radius 1 is 1.43 bits per heavy atom. The van der Waals surface area contributed by atoms with Crippen LogP contribution in [0.4, 0.5) is 0 Å². The highest BCUT2D eigenvalue weighted by Gasteiger charge is 2.11. The van der Waals surface area contributed by atoms with E-state index in [4.69, 9.17) is 0 Å². The number of aromatic nitrogens is 1. The first-order valence-corrected chi connectivity index (χ1v) is 4.98. The van der Waals surface area contributed by atoms with Crippen LogP contribution in [0.1, 0.15) is 30.6 Å². The van der Waals surface area contributed by atoms with Crippen molar-refractivity contribution in [2.24, 2.45) is 0 Å². The van der Waals surface area contributed by atoms with Gasteiger partial charge in [-0.1, -0.05) is 19.1 Å². The Balaban J connectivity index is 2.67. The molecular weight excluding hydrogens is 174 g/mol. The minimum Gasteiger partial charge on any atom is -0.388 e. The SMILES string of the molecule is CC[C@@H](O)c1c[nH]c2cccc(C)c12. The van der Waals surface area contributed by atoms with Crippen molar-refractivity contribution in [2.45, 2.75) is 26.4 Å². The fraction of sp³-hybridized carbons (Fsp3) is 0.333. The van der Waals surface area contributed by atoms with Gasteiger partial charge in [-0.05, 0) is 25.0 Å². The van der Waals surface area contributed by atoms with Crippen LogP contribution < -0.4 is 0 Å². The average molecular weight is 189 g/mol. The Morgan fingerprint density at radius 2 is 2.21 bits per heavy atom. The summed E-state index contributed by atoms with van der Waals surface area (Å²) in [5.41, 5.74) is 3.33. The third-order valence-electron chi connectivity index (χ3n) is 2.69. The van der Waals surface area contributed by atoms with Gasteiger partial charge in [0.25, 0.3) is 0 Å². The molecule has 74 valence electrons. The molecular formula is C12H15NO. The second-order valence-electron chi connectivity index (χ2n) is 3.67. The Hall–Kier alpha value is -1.28. The summed E-state index contributed by atoms with van der Waals surface area (Å²) in [6, 6.07) is 6.13. The van der Waals surface area contributed by atoms with Crippen LogP contribution in [-0.2, 0) is 0 Å². The summed E-state index contributed by atoms with van der Waals surface area (Å²) < 4.78 is 0. The fourth-order valence-corrected chi connectivity index (χ4v) is 1.88. The molecule has 0 unspecified atom stereocenters. The zero-order valence-electron chi connectivity index (χ0n) is 8.54. The molecule has 2 rings (SSSR count). The van der Waals surface area contributed by atoms with E-state index >= 15 is 0 Å². The predicted octanol–water partition coefficient (Wildman–Crippen LogP) is 2.92. The average Bonchev–Trinajstić information content (AvgIpc) is 2.62. The lowest BCUT2D eigenvalue weighted by atomic mass is 10.0. The van der Waals surface area contributed by atoms with Gasteiger partial charge < -0.3 is 10.1 Å². The Morgan fingerprint density at radius 3 is 2.93 bits per heavy atom. The lowest BCUT2D eigenvalue weighted by Crippen LogP contribution is -1.93. The number of fused-ring (bicyclic) bond motifs is 1. The maximum atomic E-state index is 9.82. The van der Waals surface area contributed by atoms with Gasteiger partial charge in [0, 0.05) is 22.7 Å². The van der Waals surface area contributed by atoms with Gasteiger partial charge >= 0.3 is 0 Å². The number of benzene rings is 1. The third-order valence-corrected chi connectivity index (χ3v) is 2.69. The molecule has 2 aromatic rings. The Labute approximate surface area is 83.6 Å². The second-order valence-corrected chi connectivity index (χ2v) is 3.67. The van der Waals surface area contributed by atoms with Gasteiger partial charge in [0.15, 0.2) is 0 Å². The summed E-state index contributed by atoms with van der Waals surface area (Å²) in [5, 5.41) is 11.0. The molecule has 0 aliphatic heterocycles. The van der Waals surface area contributed by atoms with Gasteiger partial charge in [-0.25, -0.2) is 0 Å². The number of aliphatic hydroxyl groups is 1. The maximum absolute atomic E-state index is 9.82. The van der Waals surface area contributed by atoms with Crippen LogP contribution in [-0.4, -0.2) is 10.1 Å². The van der Waals surface area contributed by atoms with Crippen molar-refractivity contribution in [1.29, 1.82) is 0 Å². The molecule has 0 aliphatic carbocycles. The zero-order valence-corrected chi connectivity index (χ0v) is 8.54. The lowest BCUT2D eigenvalue weighted by Gasteiger charge is -2.07. The summed E-state index contributed by atoms with van der Waals surface area (Å²) in [6.45, 7) is 4.06. The topological polar surface area (TPSA) is 36.0 Å². The normalized spacial score (nSPS) is 13.4. The molecule has 2 nitrogen and oxygen atoms in total. The lowest BCUT2D eigenvalue weighted by molar-refractivity contribution is 0.175. The van der Waals surface area contributed by atoms with Gasteiger partial charge in [-0.2, -0.15) is 0 Å². The number of aryl methyl sites for hydroxylation is 1. The van der Waals surface area contributed by atoms with Gasteiger partial charge in [0.05, 0.1) is 6.10 Å². The Kier molecular flexibility index (Phi) is 2.30. The Bertz CT molecular complexity index is 445. The number of hydrogen-bond donors (Lipinski definition) is 2. The minimum atomic E-state index is -0.357. The van der Waals surface area contributed by atoms with Crippen LogP contribution >= 0.6 is 0 Å². The molecule has 2 N–H and O–H groups in total. The van der Waals surface area contributed by atoms with E-state index in [0.29, 0.717) is 0 Å². The van der Waals surface area contributed by atoms with E-state index in [1.165, 1.54) is 10.9 Å². The van der Waals surface area contributed by atoms with E-state index in [2.05, 4.69) is 18.0 Å². The van der Waals surface area contributed by atoms with Crippen LogP contribution in [0.2, 0.25) is 0 Å². The molecule has 0 bridgehead atoms. The van der Waals surface area contributed by atoms with Crippen LogP contribution in [0.5, 0.6) is 0 Å². The van der Waals surface area contributed by atoms with Crippen molar-refractivity contribution < 1.29 is 5.11 Å². The molecule has 0 amide bonds. The number of aromatic amines is 1. The van der Waals surface area contributed by atoms with E-state index in [1.54, 1.807) is 0 Å². The third kappa shape index (κ3) is 1.32. The zero-order chi connectivity index (χ0) is 10.1. The van der Waals surface area contributed by atoms with E-state index in [0.717, 1.165) is 17.5 Å². The summed E-state index contributed by atoms with van der Waals surface area (Å²) in [4.78, 5) is 3.18. The van der Waals surface area contributed by atoms with E-state index < -0.39 is 0 Å². The molecule has 0 aliphatic rings.